The minimum absolute atomic E-state index is 0.161. The highest BCUT2D eigenvalue weighted by molar-refractivity contribution is 6.10. The summed E-state index contributed by atoms with van der Waals surface area (Å²) >= 11 is 0. The molecule has 6 heteroatoms. The average molecular weight is 1230 g/mol. The van der Waals surface area contributed by atoms with Gasteiger partial charge in [0.2, 0.25) is 0 Å². The molecule has 0 bridgehead atoms. The van der Waals surface area contributed by atoms with Crippen molar-refractivity contribution in [1.29, 1.82) is 5.26 Å². The van der Waals surface area contributed by atoms with Crippen molar-refractivity contribution in [3.8, 4) is 76.8 Å². The summed E-state index contributed by atoms with van der Waals surface area (Å²) in [4.78, 5) is 13.7. The van der Waals surface area contributed by atoms with Crippen LogP contribution in [0.2, 0.25) is 0 Å². The Kier molecular flexibility index (Phi) is 22.9. The molecule has 0 saturated heterocycles. The lowest BCUT2D eigenvalue weighted by molar-refractivity contribution is 0.0696. The topological polar surface area (TPSA) is 82.8 Å². The summed E-state index contributed by atoms with van der Waals surface area (Å²) in [5.41, 5.74) is 11.3. The Morgan fingerprint density at radius 3 is 1.24 bits per heavy atom. The van der Waals surface area contributed by atoms with Gasteiger partial charge < -0.3 is 19.5 Å². The Balaban J connectivity index is 0.970. The molecule has 0 aliphatic heterocycles. The molecular formula is C88H78N2O4. The molecule has 2 atom stereocenters. The van der Waals surface area contributed by atoms with Gasteiger partial charge in [0.15, 0.2) is 0 Å². The highest BCUT2D eigenvalue weighted by Gasteiger charge is 2.17. The van der Waals surface area contributed by atoms with Crippen molar-refractivity contribution in [3.63, 3.8) is 0 Å². The van der Waals surface area contributed by atoms with Gasteiger partial charge in [-0.15, -0.1) is 0 Å². The van der Waals surface area contributed by atoms with Crippen LogP contribution in [-0.4, -0.2) is 24.3 Å². The molecule has 0 aromatic heterocycles. The van der Waals surface area contributed by atoms with Gasteiger partial charge in [0.05, 0.1) is 35.5 Å². The quantitative estimate of drug-likeness (QED) is 0.0605. The molecule has 0 aliphatic rings. The second-order valence-electron chi connectivity index (χ2n) is 25.0. The fraction of sp³-hybridized carbons (Fsp3) is 0.227. The molecule has 10 rings (SSSR count). The molecule has 464 valence electrons. The molecule has 10 aromatic carbocycles. The van der Waals surface area contributed by atoms with E-state index in [4.69, 9.17) is 9.47 Å². The number of fused-ring (bicyclic) bond motifs is 2. The van der Waals surface area contributed by atoms with Gasteiger partial charge in [-0.05, 0) is 167 Å². The smallest absolute Gasteiger partial charge is 0.335 e. The average Bonchev–Trinajstić information content (AvgIpc) is 0.759. The van der Waals surface area contributed by atoms with Gasteiger partial charge in [-0.1, -0.05) is 230 Å². The number of hydrogen-bond donors (Lipinski definition) is 1. The molecule has 0 aliphatic carbocycles. The van der Waals surface area contributed by atoms with Crippen LogP contribution in [0.1, 0.15) is 164 Å². The maximum atomic E-state index is 11.4. The number of para-hydroxylation sites is 2. The van der Waals surface area contributed by atoms with Crippen molar-refractivity contribution in [2.75, 3.05) is 18.1 Å². The highest BCUT2D eigenvalue weighted by atomic mass is 16.5. The standard InChI is InChI=1S/C88H78N2O4/c1-63(2)20-17-22-65(5)54-56-93-86-61-74(87(94-57-55-66(6)23-18-21-64(3)4)60-73(86)48-41-69-43-50-79(51-44-69)90(77-26-9-7-10-27-77)78-28-11-8-12-29-78)49-53-85-82-32-15-13-30-80(82)84(81-31-14-16-33-83(81)85)52-45-68-36-34-67(35-37-68)40-46-72-47-42-71(59-76(72)62-89)39-38-70-24-19-25-75(58-70)88(91)92/h7-16,19,24-37,42-44,47,50-51,58-61,63-66H,17-18,20-23,54-57H2,1-6H3,(H,91,92). The Morgan fingerprint density at radius 2 is 0.777 bits per heavy atom. The van der Waals surface area contributed by atoms with E-state index in [0.717, 1.165) is 103 Å². The number of nitriles is 1. The third-order valence-electron chi connectivity index (χ3n) is 16.7. The maximum Gasteiger partial charge on any atom is 0.335 e. The first-order chi connectivity index (χ1) is 45.8. The molecule has 2 unspecified atom stereocenters. The third-order valence-corrected chi connectivity index (χ3v) is 16.7. The lowest BCUT2D eigenvalue weighted by Crippen LogP contribution is -2.09. The number of nitrogens with zero attached hydrogens (tertiary/aromatic N) is 2. The summed E-state index contributed by atoms with van der Waals surface area (Å²) in [6, 6.07) is 71.9. The van der Waals surface area contributed by atoms with E-state index in [1.807, 2.05) is 48.5 Å². The molecule has 6 nitrogen and oxygen atoms in total. The second-order valence-corrected chi connectivity index (χ2v) is 25.0. The van der Waals surface area contributed by atoms with Crippen LogP contribution in [0.25, 0.3) is 21.5 Å². The number of carbonyl (C=O) groups is 1. The summed E-state index contributed by atoms with van der Waals surface area (Å²) < 4.78 is 13.7. The number of rotatable bonds is 20. The summed E-state index contributed by atoms with van der Waals surface area (Å²) in [6.45, 7) is 14.9. The van der Waals surface area contributed by atoms with Crippen LogP contribution in [0, 0.1) is 94.2 Å². The van der Waals surface area contributed by atoms with Crippen LogP contribution in [0.15, 0.2) is 212 Å². The highest BCUT2D eigenvalue weighted by Crippen LogP contribution is 2.36. The van der Waals surface area contributed by atoms with Gasteiger partial charge in [-0.25, -0.2) is 4.79 Å². The number of carboxylic acid groups (broad SMARTS) is 1. The van der Waals surface area contributed by atoms with Crippen LogP contribution in [0.5, 0.6) is 11.5 Å². The molecule has 0 fully saturated rings. The van der Waals surface area contributed by atoms with Crippen LogP contribution < -0.4 is 14.4 Å². The van der Waals surface area contributed by atoms with E-state index in [-0.39, 0.29) is 5.56 Å². The molecule has 1 N–H and O–H groups in total. The maximum absolute atomic E-state index is 11.4. The molecule has 0 saturated carbocycles. The van der Waals surface area contributed by atoms with Crippen molar-refractivity contribution in [2.24, 2.45) is 23.7 Å². The normalized spacial score (nSPS) is 11.3. The third kappa shape index (κ3) is 18.1. The van der Waals surface area contributed by atoms with Gasteiger partial charge in [-0.3, -0.25) is 0 Å². The minimum Gasteiger partial charge on any atom is -0.492 e. The molecule has 0 amide bonds. The zero-order valence-corrected chi connectivity index (χ0v) is 54.7. The molecule has 0 radical (unpaired) electrons. The number of hydrogen-bond acceptors (Lipinski definition) is 5. The van der Waals surface area contributed by atoms with E-state index >= 15 is 0 Å². The Hall–Kier alpha value is -11.1. The van der Waals surface area contributed by atoms with E-state index in [0.29, 0.717) is 70.6 Å². The first kappa shape index (κ1) is 65.8. The summed E-state index contributed by atoms with van der Waals surface area (Å²) in [7, 11) is 0. The van der Waals surface area contributed by atoms with E-state index in [1.54, 1.807) is 24.3 Å². The van der Waals surface area contributed by atoms with E-state index in [9.17, 15) is 15.2 Å². The van der Waals surface area contributed by atoms with Crippen molar-refractivity contribution in [2.45, 2.75) is 92.9 Å². The van der Waals surface area contributed by atoms with Crippen molar-refractivity contribution in [3.05, 3.63) is 279 Å². The largest absolute Gasteiger partial charge is 0.492 e. The van der Waals surface area contributed by atoms with Gasteiger partial charge in [0, 0.05) is 73.7 Å². The number of ether oxygens (including phenoxy) is 2. The monoisotopic (exact) mass is 1230 g/mol. The second kappa shape index (κ2) is 32.8. The van der Waals surface area contributed by atoms with Crippen molar-refractivity contribution >= 4 is 44.6 Å². The molecule has 94 heavy (non-hydrogen) atoms. The van der Waals surface area contributed by atoms with E-state index in [2.05, 4.69) is 239 Å². The van der Waals surface area contributed by atoms with Crippen LogP contribution >= 0.6 is 0 Å². The first-order valence-electron chi connectivity index (χ1n) is 32.8. The minimum atomic E-state index is -1.02. The fourth-order valence-electron chi connectivity index (χ4n) is 11.3. The number of carboxylic acids is 1. The van der Waals surface area contributed by atoms with Crippen LogP contribution in [0.3, 0.4) is 0 Å². The van der Waals surface area contributed by atoms with Gasteiger partial charge in [-0.2, -0.15) is 5.26 Å². The van der Waals surface area contributed by atoms with Gasteiger partial charge >= 0.3 is 5.97 Å². The van der Waals surface area contributed by atoms with E-state index in [1.165, 1.54) is 37.8 Å². The van der Waals surface area contributed by atoms with Crippen LogP contribution in [0.4, 0.5) is 17.1 Å². The Bertz CT molecular complexity index is 4570. The lowest BCUT2D eigenvalue weighted by Gasteiger charge is -2.25. The summed E-state index contributed by atoms with van der Waals surface area (Å²) in [5, 5.41) is 23.4. The Morgan fingerprint density at radius 1 is 0.383 bits per heavy atom. The summed E-state index contributed by atoms with van der Waals surface area (Å²) in [6.07, 6.45) is 9.00. The molecule has 0 spiro atoms. The lowest BCUT2D eigenvalue weighted by atomic mass is 9.91. The number of benzene rings is 10. The predicted octanol–water partition coefficient (Wildman–Crippen LogP) is 20.5. The fourth-order valence-corrected chi connectivity index (χ4v) is 11.3. The summed E-state index contributed by atoms with van der Waals surface area (Å²) in [5.74, 6) is 36.6. The van der Waals surface area contributed by atoms with Crippen LogP contribution in [-0.2, 0) is 0 Å². The van der Waals surface area contributed by atoms with E-state index < -0.39 is 5.97 Å². The zero-order valence-electron chi connectivity index (χ0n) is 54.7. The predicted molar refractivity (Wildman–Crippen MR) is 386 cm³/mol. The van der Waals surface area contributed by atoms with Gasteiger partial charge in [0.25, 0.3) is 0 Å². The molecular weight excluding hydrogens is 1150 g/mol. The van der Waals surface area contributed by atoms with Gasteiger partial charge in [0.1, 0.15) is 17.6 Å². The molecule has 10 aromatic rings. The number of anilines is 3. The Labute approximate surface area is 556 Å². The first-order valence-corrected chi connectivity index (χ1v) is 32.8. The SMILES string of the molecule is CC(C)CCCC(C)CCOc1cc(C#Cc2c3ccccc3c(C#Cc3ccc(C#Cc4ccc(C#Cc5cccc(C(=O)O)c5)cc4C#N)cc3)c3ccccc23)c(OCCC(C)CCCC(C)C)cc1C#Cc1ccc(N(c2ccccc2)c2ccccc2)cc1. The zero-order chi connectivity index (χ0) is 65.6. The van der Waals surface area contributed by atoms with Crippen molar-refractivity contribution < 1.29 is 19.4 Å². The number of aromatic carboxylic acids is 1. The van der Waals surface area contributed by atoms with Crippen molar-refractivity contribution in [1.82, 2.24) is 0 Å². The molecule has 0 heterocycles.